The lowest BCUT2D eigenvalue weighted by Gasteiger charge is -2.47. The number of rotatable bonds is 5. The Morgan fingerprint density at radius 1 is 1.03 bits per heavy atom. The summed E-state index contributed by atoms with van der Waals surface area (Å²) in [5, 5.41) is 20.7. The number of carbonyl (C=O) groups excluding carboxylic acids is 2. The summed E-state index contributed by atoms with van der Waals surface area (Å²) in [5.41, 5.74) is 2.78. The zero-order valence-electron chi connectivity index (χ0n) is 18.1. The number of hydrogen-bond acceptors (Lipinski definition) is 7. The Kier molecular flexibility index (Phi) is 6.09. The van der Waals surface area contributed by atoms with Crippen LogP contribution in [0.5, 0.6) is 0 Å². The van der Waals surface area contributed by atoms with E-state index in [4.69, 9.17) is 0 Å². The molecule has 5 rings (SSSR count). The quantitative estimate of drug-likeness (QED) is 0.443. The van der Waals surface area contributed by atoms with Crippen LogP contribution in [0.1, 0.15) is 36.3 Å². The van der Waals surface area contributed by atoms with Crippen molar-refractivity contribution in [3.05, 3.63) is 86.9 Å². The largest absolute Gasteiger partial charge is 0.372 e. The highest BCUT2D eigenvalue weighted by Crippen LogP contribution is 2.43. The van der Waals surface area contributed by atoms with Gasteiger partial charge in [0.05, 0.1) is 17.0 Å². The van der Waals surface area contributed by atoms with E-state index in [9.17, 15) is 24.1 Å². The minimum absolute atomic E-state index is 0.0315. The van der Waals surface area contributed by atoms with Crippen LogP contribution in [0, 0.1) is 21.8 Å². The number of ketones is 1. The minimum Gasteiger partial charge on any atom is -0.372 e. The maximum atomic E-state index is 13.6. The molecule has 2 aromatic carbocycles. The van der Waals surface area contributed by atoms with E-state index in [2.05, 4.69) is 16.0 Å². The fraction of sp³-hybridized carbons (Fsp3) is 0.333. The van der Waals surface area contributed by atoms with Crippen LogP contribution in [-0.2, 0) is 15.3 Å². The first-order chi connectivity index (χ1) is 16.4. The fourth-order valence-corrected chi connectivity index (χ4v) is 5.92. The average Bonchev–Trinajstić information content (AvgIpc) is 2.82. The van der Waals surface area contributed by atoms with Crippen LogP contribution in [0.3, 0.4) is 0 Å². The molecule has 0 spiro atoms. The van der Waals surface area contributed by atoms with Crippen molar-refractivity contribution in [1.29, 1.82) is 0 Å². The number of Topliss-reactive ketones (excluding diaryl/α,β-unsaturated/α-hetero) is 1. The number of carbonyl (C=O) groups is 2. The van der Waals surface area contributed by atoms with Crippen LogP contribution in [0.25, 0.3) is 0 Å². The summed E-state index contributed by atoms with van der Waals surface area (Å²) in [6, 6.07) is 12.3. The number of nitro groups is 1. The maximum absolute atomic E-state index is 13.6. The average molecular weight is 483 g/mol. The summed E-state index contributed by atoms with van der Waals surface area (Å²) >= 11 is 1.47. The molecule has 2 aromatic rings. The van der Waals surface area contributed by atoms with Crippen molar-refractivity contribution < 1.29 is 18.9 Å². The number of allylic oxidation sites excluding steroid dienone is 2. The Labute approximate surface area is 199 Å². The number of thioether (sulfide) groups is 1. The highest BCUT2D eigenvalue weighted by molar-refractivity contribution is 7.99. The van der Waals surface area contributed by atoms with Crippen molar-refractivity contribution in [3.63, 3.8) is 0 Å². The number of hydrogen-bond donors (Lipinski definition) is 3. The van der Waals surface area contributed by atoms with Gasteiger partial charge in [0.1, 0.15) is 11.3 Å². The molecule has 0 radical (unpaired) electrons. The number of benzene rings is 2. The molecule has 0 aromatic heterocycles. The molecule has 4 unspecified atom stereocenters. The van der Waals surface area contributed by atoms with Crippen LogP contribution < -0.4 is 16.0 Å². The summed E-state index contributed by atoms with van der Waals surface area (Å²) in [6.07, 6.45) is 1.54. The zero-order chi connectivity index (χ0) is 23.8. The molecule has 176 valence electrons. The van der Waals surface area contributed by atoms with Gasteiger partial charge in [0.25, 0.3) is 5.69 Å². The highest BCUT2D eigenvalue weighted by Gasteiger charge is 2.49. The zero-order valence-corrected chi connectivity index (χ0v) is 18.9. The molecule has 8 nitrogen and oxygen atoms in total. The van der Waals surface area contributed by atoms with Crippen LogP contribution in [0.15, 0.2) is 59.8 Å². The summed E-state index contributed by atoms with van der Waals surface area (Å²) in [6.45, 7) is 0. The molecular weight excluding hydrogens is 459 g/mol. The molecule has 10 heteroatoms. The molecular formula is C24H23FN4O4S. The number of halogens is 1. The number of nitrogens with zero attached hydrogens (tertiary/aromatic N) is 1. The van der Waals surface area contributed by atoms with Crippen LogP contribution in [-0.4, -0.2) is 28.3 Å². The minimum atomic E-state index is -0.567. The fourth-order valence-electron chi connectivity index (χ4n) is 4.93. The van der Waals surface area contributed by atoms with Crippen LogP contribution in [0.4, 0.5) is 10.1 Å². The van der Waals surface area contributed by atoms with Gasteiger partial charge in [0.15, 0.2) is 5.78 Å². The summed E-state index contributed by atoms with van der Waals surface area (Å²) in [4.78, 5) is 36.6. The number of fused-ring (bicyclic) bond motifs is 1. The van der Waals surface area contributed by atoms with Gasteiger partial charge in [-0.15, -0.1) is 11.8 Å². The van der Waals surface area contributed by atoms with Crippen LogP contribution >= 0.6 is 11.8 Å². The van der Waals surface area contributed by atoms with Gasteiger partial charge < -0.3 is 10.6 Å². The maximum Gasteiger partial charge on any atom is 0.269 e. The molecule has 34 heavy (non-hydrogen) atoms. The van der Waals surface area contributed by atoms with Crippen molar-refractivity contribution >= 4 is 29.1 Å². The number of amides is 1. The third-order valence-corrected chi connectivity index (χ3v) is 7.60. The molecule has 3 aliphatic rings. The highest BCUT2D eigenvalue weighted by atomic mass is 32.2. The number of nitrogens with one attached hydrogen (secondary N) is 3. The van der Waals surface area contributed by atoms with Gasteiger partial charge in [-0.3, -0.25) is 25.0 Å². The van der Waals surface area contributed by atoms with Crippen LogP contribution in [0.2, 0.25) is 0 Å². The molecule has 0 bridgehead atoms. The second kappa shape index (κ2) is 9.19. The molecule has 2 heterocycles. The van der Waals surface area contributed by atoms with Gasteiger partial charge in [0, 0.05) is 41.5 Å². The third kappa shape index (κ3) is 4.30. The predicted octanol–water partition coefficient (Wildman–Crippen LogP) is 3.31. The Balaban J connectivity index is 1.37. The predicted molar refractivity (Wildman–Crippen MR) is 125 cm³/mol. The van der Waals surface area contributed by atoms with Crippen molar-refractivity contribution in [1.82, 2.24) is 16.0 Å². The van der Waals surface area contributed by atoms with Crippen molar-refractivity contribution in [2.75, 3.05) is 0 Å². The van der Waals surface area contributed by atoms with Crippen molar-refractivity contribution in [2.45, 2.75) is 42.6 Å². The summed E-state index contributed by atoms with van der Waals surface area (Å²) in [5.74, 6) is -1.00. The van der Waals surface area contributed by atoms with E-state index in [0.29, 0.717) is 17.7 Å². The van der Waals surface area contributed by atoms with Gasteiger partial charge in [0.2, 0.25) is 5.91 Å². The monoisotopic (exact) mass is 482 g/mol. The summed E-state index contributed by atoms with van der Waals surface area (Å²) in [7, 11) is 0. The number of nitro benzene ring substituents is 1. The smallest absolute Gasteiger partial charge is 0.269 e. The first-order valence-corrected chi connectivity index (χ1v) is 12.1. The Bertz CT molecular complexity index is 1170. The second-order valence-electron chi connectivity index (χ2n) is 8.64. The Hall–Kier alpha value is -3.24. The molecule has 1 amide bonds. The SMILES string of the molecule is O=C1CCCC2=C1C(c1ccc(F)cc1)C1C(=O)NC(SCc3ccc([N+](=O)[O-])cc3)NC1N2. The lowest BCUT2D eigenvalue weighted by Crippen LogP contribution is -2.67. The Morgan fingerprint density at radius 2 is 1.76 bits per heavy atom. The molecule has 1 saturated heterocycles. The second-order valence-corrected chi connectivity index (χ2v) is 9.73. The van der Waals surface area contributed by atoms with Gasteiger partial charge in [-0.1, -0.05) is 24.3 Å². The molecule has 4 atom stereocenters. The molecule has 0 saturated carbocycles. The van der Waals surface area contributed by atoms with Crippen molar-refractivity contribution in [3.8, 4) is 0 Å². The molecule has 2 aliphatic heterocycles. The summed E-state index contributed by atoms with van der Waals surface area (Å²) < 4.78 is 13.6. The van der Waals surface area contributed by atoms with Gasteiger partial charge in [-0.2, -0.15) is 0 Å². The molecule has 1 aliphatic carbocycles. The lowest BCUT2D eigenvalue weighted by atomic mass is 9.70. The lowest BCUT2D eigenvalue weighted by molar-refractivity contribution is -0.384. The van der Waals surface area contributed by atoms with E-state index in [1.165, 1.54) is 36.0 Å². The van der Waals surface area contributed by atoms with Gasteiger partial charge >= 0.3 is 0 Å². The van der Waals surface area contributed by atoms with E-state index in [1.54, 1.807) is 24.3 Å². The van der Waals surface area contributed by atoms with E-state index in [-0.39, 0.29) is 34.9 Å². The van der Waals surface area contributed by atoms with E-state index in [1.807, 2.05) is 0 Å². The first-order valence-electron chi connectivity index (χ1n) is 11.1. The van der Waals surface area contributed by atoms with Gasteiger partial charge in [-0.25, -0.2) is 4.39 Å². The molecule has 3 N–H and O–H groups in total. The normalized spacial score (nSPS) is 26.3. The van der Waals surface area contributed by atoms with E-state index >= 15 is 0 Å². The topological polar surface area (TPSA) is 113 Å². The van der Waals surface area contributed by atoms with E-state index in [0.717, 1.165) is 29.7 Å². The number of non-ortho nitro benzene ring substituents is 1. The first kappa shape index (κ1) is 22.5. The Morgan fingerprint density at radius 3 is 2.47 bits per heavy atom. The third-order valence-electron chi connectivity index (χ3n) is 6.52. The standard InChI is InChI=1S/C24H23FN4O4S/c25-15-8-6-14(7-9-15)19-20-17(2-1-3-18(20)30)26-22-21(19)23(31)28-24(27-22)34-12-13-4-10-16(11-5-13)29(32)33/h4-11,19,21-22,24,26-27H,1-3,12H2,(H,28,31). The van der Waals surface area contributed by atoms with Gasteiger partial charge in [-0.05, 0) is 36.1 Å². The van der Waals surface area contributed by atoms with E-state index < -0.39 is 16.8 Å². The molecule has 1 fully saturated rings. The van der Waals surface area contributed by atoms with Crippen molar-refractivity contribution in [2.24, 2.45) is 5.92 Å².